The van der Waals surface area contributed by atoms with Crippen LogP contribution < -0.4 is 11.1 Å². The molecule has 0 fully saturated rings. The van der Waals surface area contributed by atoms with Crippen molar-refractivity contribution in [2.24, 2.45) is 5.73 Å². The molecule has 0 aliphatic carbocycles. The van der Waals surface area contributed by atoms with Crippen molar-refractivity contribution >= 4 is 34.8 Å². The minimum atomic E-state index is -0.808. The summed E-state index contributed by atoms with van der Waals surface area (Å²) in [5.41, 5.74) is 5.65. The highest BCUT2D eigenvalue weighted by atomic mass is 35.5. The van der Waals surface area contributed by atoms with Crippen molar-refractivity contribution in [3.8, 4) is 0 Å². The molecule has 0 radical (unpaired) electrons. The fourth-order valence-corrected chi connectivity index (χ4v) is 1.33. The normalized spacial score (nSPS) is 12.2. The van der Waals surface area contributed by atoms with E-state index in [2.05, 4.69) is 15.3 Å². The zero-order valence-corrected chi connectivity index (χ0v) is 9.92. The summed E-state index contributed by atoms with van der Waals surface area (Å²) in [7, 11) is 1.44. The Bertz CT molecular complexity index is 368. The van der Waals surface area contributed by atoms with Crippen molar-refractivity contribution in [1.29, 1.82) is 0 Å². The van der Waals surface area contributed by atoms with E-state index in [-0.39, 0.29) is 22.6 Å². The van der Waals surface area contributed by atoms with Crippen LogP contribution in [-0.2, 0) is 9.53 Å². The monoisotopic (exact) mass is 264 g/mol. The molecule has 1 aromatic heterocycles. The minimum absolute atomic E-state index is 0.0537. The molecule has 1 aromatic rings. The van der Waals surface area contributed by atoms with Crippen molar-refractivity contribution in [1.82, 2.24) is 9.97 Å². The molecule has 1 amide bonds. The van der Waals surface area contributed by atoms with Gasteiger partial charge in [-0.15, -0.1) is 0 Å². The summed E-state index contributed by atoms with van der Waals surface area (Å²) in [5.74, 6) is -0.472. The van der Waals surface area contributed by atoms with Gasteiger partial charge < -0.3 is 15.8 Å². The van der Waals surface area contributed by atoms with Crippen LogP contribution in [0.5, 0.6) is 0 Å². The fraction of sp³-hybridized carbons (Fsp3) is 0.375. The summed E-state index contributed by atoms with van der Waals surface area (Å²) >= 11 is 11.5. The molecule has 88 valence electrons. The van der Waals surface area contributed by atoms with Crippen LogP contribution >= 0.6 is 23.2 Å². The standard InChI is InChI=1S/C8H10Cl2N4O2/c1-16-2-4(11)8(15)14-5-6(9)12-3-13-7(5)10/h3-4H,2,11H2,1H3,(H,14,15). The number of carbonyl (C=O) groups is 1. The van der Waals surface area contributed by atoms with E-state index in [4.69, 9.17) is 33.7 Å². The van der Waals surface area contributed by atoms with Crippen molar-refractivity contribution in [2.45, 2.75) is 6.04 Å². The first-order valence-electron chi connectivity index (χ1n) is 4.27. The lowest BCUT2D eigenvalue weighted by Crippen LogP contribution is -2.39. The second kappa shape index (κ2) is 5.95. The molecular weight excluding hydrogens is 255 g/mol. The number of nitrogens with zero attached hydrogens (tertiary/aromatic N) is 2. The second-order valence-electron chi connectivity index (χ2n) is 2.88. The van der Waals surface area contributed by atoms with Gasteiger partial charge >= 0.3 is 0 Å². The van der Waals surface area contributed by atoms with Crippen molar-refractivity contribution in [3.05, 3.63) is 16.6 Å². The highest BCUT2D eigenvalue weighted by Gasteiger charge is 2.17. The molecule has 1 unspecified atom stereocenters. The average Bonchev–Trinajstić information content (AvgIpc) is 2.23. The second-order valence-corrected chi connectivity index (χ2v) is 3.60. The molecule has 16 heavy (non-hydrogen) atoms. The van der Waals surface area contributed by atoms with Crippen molar-refractivity contribution in [2.75, 3.05) is 19.0 Å². The Kier molecular flexibility index (Phi) is 4.88. The molecule has 0 aliphatic heterocycles. The number of rotatable bonds is 4. The molecule has 1 heterocycles. The summed E-state index contributed by atoms with van der Waals surface area (Å²) in [6.07, 6.45) is 1.19. The van der Waals surface area contributed by atoms with Crippen LogP contribution in [0.15, 0.2) is 6.33 Å². The fourth-order valence-electron chi connectivity index (χ4n) is 0.919. The van der Waals surface area contributed by atoms with Gasteiger partial charge in [-0.05, 0) is 0 Å². The summed E-state index contributed by atoms with van der Waals surface area (Å²) < 4.78 is 4.74. The quantitative estimate of drug-likeness (QED) is 0.782. The number of amides is 1. The molecule has 0 aromatic carbocycles. The Morgan fingerprint density at radius 3 is 2.62 bits per heavy atom. The van der Waals surface area contributed by atoms with Crippen LogP contribution in [-0.4, -0.2) is 35.6 Å². The van der Waals surface area contributed by atoms with Gasteiger partial charge in [0.1, 0.15) is 18.1 Å². The van der Waals surface area contributed by atoms with E-state index < -0.39 is 11.9 Å². The largest absolute Gasteiger partial charge is 0.383 e. The lowest BCUT2D eigenvalue weighted by Gasteiger charge is -2.12. The topological polar surface area (TPSA) is 90.1 Å². The minimum Gasteiger partial charge on any atom is -0.383 e. The van der Waals surface area contributed by atoms with Crippen molar-refractivity contribution < 1.29 is 9.53 Å². The number of ether oxygens (including phenoxy) is 1. The van der Waals surface area contributed by atoms with Gasteiger partial charge in [0, 0.05) is 7.11 Å². The maximum Gasteiger partial charge on any atom is 0.243 e. The first-order valence-corrected chi connectivity index (χ1v) is 5.03. The van der Waals surface area contributed by atoms with E-state index in [9.17, 15) is 4.79 Å². The number of nitrogens with one attached hydrogen (secondary N) is 1. The molecule has 0 spiro atoms. The number of hydrogen-bond donors (Lipinski definition) is 2. The number of halogens is 2. The van der Waals surface area contributed by atoms with Gasteiger partial charge in [-0.3, -0.25) is 4.79 Å². The Labute approximate surface area is 102 Å². The van der Waals surface area contributed by atoms with E-state index in [1.165, 1.54) is 13.4 Å². The number of nitrogens with two attached hydrogens (primary N) is 1. The third-order valence-electron chi connectivity index (χ3n) is 1.69. The van der Waals surface area contributed by atoms with Gasteiger partial charge in [0.2, 0.25) is 5.91 Å². The Balaban J connectivity index is 2.77. The number of methoxy groups -OCH3 is 1. The van der Waals surface area contributed by atoms with Crippen LogP contribution in [0.4, 0.5) is 5.69 Å². The molecule has 6 nitrogen and oxygen atoms in total. The SMILES string of the molecule is COCC(N)C(=O)Nc1c(Cl)ncnc1Cl. The van der Waals surface area contributed by atoms with E-state index in [0.29, 0.717) is 0 Å². The Hall–Kier alpha value is -0.950. The van der Waals surface area contributed by atoms with Gasteiger partial charge in [-0.1, -0.05) is 23.2 Å². The van der Waals surface area contributed by atoms with Gasteiger partial charge in [0.15, 0.2) is 10.3 Å². The number of carbonyl (C=O) groups excluding carboxylic acids is 1. The van der Waals surface area contributed by atoms with E-state index >= 15 is 0 Å². The highest BCUT2D eigenvalue weighted by Crippen LogP contribution is 2.25. The molecule has 1 atom stereocenters. The highest BCUT2D eigenvalue weighted by molar-refractivity contribution is 6.38. The first-order chi connectivity index (χ1) is 7.56. The molecule has 0 aliphatic rings. The molecule has 1 rings (SSSR count). The lowest BCUT2D eigenvalue weighted by molar-refractivity contribution is -0.118. The maximum atomic E-state index is 11.5. The third kappa shape index (κ3) is 3.28. The van der Waals surface area contributed by atoms with Crippen molar-refractivity contribution in [3.63, 3.8) is 0 Å². The number of hydrogen-bond acceptors (Lipinski definition) is 5. The molecule has 0 saturated carbocycles. The van der Waals surface area contributed by atoms with E-state index in [0.717, 1.165) is 0 Å². The first kappa shape index (κ1) is 13.1. The summed E-state index contributed by atoms with van der Waals surface area (Å²) in [5, 5.41) is 2.54. The van der Waals surface area contributed by atoms with Crippen LogP contribution in [0.3, 0.4) is 0 Å². The molecule has 3 N–H and O–H groups in total. The zero-order chi connectivity index (χ0) is 12.1. The van der Waals surface area contributed by atoms with E-state index in [1.54, 1.807) is 0 Å². The average molecular weight is 265 g/mol. The summed E-state index contributed by atoms with van der Waals surface area (Å²) in [6.45, 7) is 0.0920. The molecular formula is C8H10Cl2N4O2. The predicted molar refractivity (Wildman–Crippen MR) is 60.5 cm³/mol. The smallest absolute Gasteiger partial charge is 0.243 e. The maximum absolute atomic E-state index is 11.5. The summed E-state index contributed by atoms with van der Waals surface area (Å²) in [4.78, 5) is 18.9. The zero-order valence-electron chi connectivity index (χ0n) is 8.41. The van der Waals surface area contributed by atoms with E-state index in [1.807, 2.05) is 0 Å². The van der Waals surface area contributed by atoms with Crippen LogP contribution in [0.2, 0.25) is 10.3 Å². The van der Waals surface area contributed by atoms with Gasteiger partial charge in [0.05, 0.1) is 6.61 Å². The predicted octanol–water partition coefficient (Wildman–Crippen LogP) is 0.696. The summed E-state index contributed by atoms with van der Waals surface area (Å²) in [6, 6.07) is -0.808. The Morgan fingerprint density at radius 2 is 2.12 bits per heavy atom. The van der Waals surface area contributed by atoms with Gasteiger partial charge in [0.25, 0.3) is 0 Å². The third-order valence-corrected chi connectivity index (χ3v) is 2.26. The van der Waals surface area contributed by atoms with Gasteiger partial charge in [-0.2, -0.15) is 0 Å². The number of aromatic nitrogens is 2. The lowest BCUT2D eigenvalue weighted by atomic mass is 10.3. The molecule has 0 bridgehead atoms. The van der Waals surface area contributed by atoms with Crippen LogP contribution in [0.25, 0.3) is 0 Å². The molecule has 0 saturated heterocycles. The van der Waals surface area contributed by atoms with Crippen LogP contribution in [0, 0.1) is 0 Å². The number of anilines is 1. The van der Waals surface area contributed by atoms with Crippen LogP contribution in [0.1, 0.15) is 0 Å². The van der Waals surface area contributed by atoms with Gasteiger partial charge in [-0.25, -0.2) is 9.97 Å². The molecule has 8 heteroatoms. The Morgan fingerprint density at radius 1 is 1.56 bits per heavy atom.